The minimum Gasteiger partial charge on any atom is -0.255 e. The van der Waals surface area contributed by atoms with Gasteiger partial charge in [-0.1, -0.05) is 12.1 Å². The van der Waals surface area contributed by atoms with E-state index in [-0.39, 0.29) is 0 Å². The Balaban J connectivity index is 0.000000192. The van der Waals surface area contributed by atoms with Gasteiger partial charge in [0.25, 0.3) is 0 Å². The molecule has 0 radical (unpaired) electrons. The summed E-state index contributed by atoms with van der Waals surface area (Å²) < 4.78 is 62.0. The normalized spacial score (nSPS) is 12.4. The zero-order chi connectivity index (χ0) is 31.5. The molecule has 0 N–H and O–H groups in total. The molecule has 2 aromatic carbocycles. The van der Waals surface area contributed by atoms with Gasteiger partial charge >= 0.3 is 189 Å². The van der Waals surface area contributed by atoms with Gasteiger partial charge in [0.2, 0.25) is 0 Å². The number of rotatable bonds is 5. The Morgan fingerprint density at radius 2 is 0.636 bits per heavy atom. The summed E-state index contributed by atoms with van der Waals surface area (Å²) in [7, 11) is -10.7. The second kappa shape index (κ2) is 13.6. The zero-order valence-electron chi connectivity index (χ0n) is 22.7. The molecule has 0 amide bonds. The van der Waals surface area contributed by atoms with Gasteiger partial charge in [0.15, 0.2) is 0 Å². The van der Waals surface area contributed by atoms with E-state index in [4.69, 9.17) is 0 Å². The third-order valence-corrected chi connectivity index (χ3v) is 8.74. The molecule has 6 aromatic rings. The molecule has 4 nitrogen and oxygen atoms in total. The van der Waals surface area contributed by atoms with E-state index in [1.165, 1.54) is 19.3 Å². The van der Waals surface area contributed by atoms with Crippen LogP contribution in [0.3, 0.4) is 0 Å². The summed E-state index contributed by atoms with van der Waals surface area (Å²) in [6.45, 7) is 0. The molecule has 228 valence electrons. The van der Waals surface area contributed by atoms with E-state index in [2.05, 4.69) is 80.6 Å². The van der Waals surface area contributed by atoms with Crippen LogP contribution >= 0.6 is 7.81 Å². The first kappa shape index (κ1) is 32.6. The molecule has 0 saturated carbocycles. The number of hydrogen-bond acceptors (Lipinski definition) is 4. The molecule has 0 spiro atoms. The molecule has 0 unspecified atom stereocenters. The average molecular weight is 802 g/mol. The monoisotopic (exact) mass is 802 g/mol. The van der Waals surface area contributed by atoms with Gasteiger partial charge in [-0.05, 0) is 24.3 Å². The predicted octanol–water partition coefficient (Wildman–Crippen LogP) is 9.37. The molecule has 0 aliphatic carbocycles. The van der Waals surface area contributed by atoms with Crippen LogP contribution in [-0.2, 0) is 17.7 Å². The van der Waals surface area contributed by atoms with E-state index in [0.29, 0.717) is 0 Å². The SMILES string of the molecule is F[P-](F)(F)(F)(F)F.c1ccc(-c2cccc[c]2[Ir+][c]2ccccc2-c2ccccn2)nc1.c1ccc(-c2ccccn2)nc1. The Labute approximate surface area is 258 Å². The average Bonchev–Trinajstić information content (AvgIpc) is 3.02. The van der Waals surface area contributed by atoms with E-state index in [1.807, 2.05) is 73.1 Å². The van der Waals surface area contributed by atoms with Crippen LogP contribution in [0.5, 0.6) is 0 Å². The van der Waals surface area contributed by atoms with Crippen molar-refractivity contribution in [2.24, 2.45) is 0 Å². The van der Waals surface area contributed by atoms with E-state index < -0.39 is 25.5 Å². The second-order valence-corrected chi connectivity index (χ2v) is 13.9. The molecule has 6 rings (SSSR count). The fraction of sp³-hybridized carbons (Fsp3) is 0. The molecule has 0 aliphatic heterocycles. The maximum absolute atomic E-state index is 10.7. The fourth-order valence-corrected chi connectivity index (χ4v) is 6.84. The van der Waals surface area contributed by atoms with Gasteiger partial charge in [0.1, 0.15) is 0 Å². The van der Waals surface area contributed by atoms with Crippen molar-refractivity contribution >= 4 is 16.0 Å². The predicted molar refractivity (Wildman–Crippen MR) is 160 cm³/mol. The van der Waals surface area contributed by atoms with Crippen LogP contribution in [0.15, 0.2) is 146 Å². The van der Waals surface area contributed by atoms with Crippen molar-refractivity contribution in [1.82, 2.24) is 19.9 Å². The summed E-state index contributed by atoms with van der Waals surface area (Å²) in [5, 5.41) is 0. The van der Waals surface area contributed by atoms with Crippen molar-refractivity contribution in [2.45, 2.75) is 0 Å². The molecule has 0 fully saturated rings. The summed E-state index contributed by atoms with van der Waals surface area (Å²) in [4.78, 5) is 17.5. The van der Waals surface area contributed by atoms with Crippen LogP contribution in [0, 0.1) is 0 Å². The first-order chi connectivity index (χ1) is 20.8. The molecular formula is C32H24F6IrN4P. The summed E-state index contributed by atoms with van der Waals surface area (Å²) in [6, 6.07) is 41.0. The first-order valence-corrected chi connectivity index (χ1v) is 17.3. The maximum Gasteiger partial charge on any atom is 0.0886 e. The van der Waals surface area contributed by atoms with Gasteiger partial charge < -0.3 is 0 Å². The number of benzene rings is 2. The van der Waals surface area contributed by atoms with Gasteiger partial charge in [-0.15, -0.1) is 0 Å². The van der Waals surface area contributed by atoms with Crippen LogP contribution in [0.4, 0.5) is 25.2 Å². The molecule has 0 aliphatic rings. The Kier molecular flexibility index (Phi) is 10.0. The van der Waals surface area contributed by atoms with Crippen molar-refractivity contribution < 1.29 is 42.9 Å². The van der Waals surface area contributed by atoms with Gasteiger partial charge in [-0.25, -0.2) is 0 Å². The summed E-state index contributed by atoms with van der Waals surface area (Å²) in [5.74, 6) is 0. The third kappa shape index (κ3) is 11.8. The second-order valence-electron chi connectivity index (χ2n) is 8.81. The largest absolute Gasteiger partial charge is 0.255 e. The smallest absolute Gasteiger partial charge is 0.0886 e. The van der Waals surface area contributed by atoms with Crippen LogP contribution in [0.1, 0.15) is 0 Å². The third-order valence-electron chi connectivity index (χ3n) is 5.36. The van der Waals surface area contributed by atoms with Crippen molar-refractivity contribution in [1.29, 1.82) is 0 Å². The van der Waals surface area contributed by atoms with E-state index in [0.717, 1.165) is 22.8 Å². The first-order valence-electron chi connectivity index (χ1n) is 12.8. The van der Waals surface area contributed by atoms with Crippen LogP contribution < -0.4 is 8.15 Å². The summed E-state index contributed by atoms with van der Waals surface area (Å²) >= 11 is -0.509. The van der Waals surface area contributed by atoms with Crippen molar-refractivity contribution in [3.05, 3.63) is 146 Å². The van der Waals surface area contributed by atoms with Gasteiger partial charge in [-0.3, -0.25) is 9.97 Å². The number of halogens is 6. The van der Waals surface area contributed by atoms with E-state index in [1.54, 1.807) is 12.4 Å². The summed E-state index contributed by atoms with van der Waals surface area (Å²) in [6.07, 6.45) is 7.25. The minimum absolute atomic E-state index is 0.509. The number of pyridine rings is 4. The molecule has 4 heterocycles. The topological polar surface area (TPSA) is 51.6 Å². The Morgan fingerprint density at radius 3 is 0.932 bits per heavy atom. The standard InChI is InChI=1S/2C11H8N.C10H8N2.F6P.Ir/c2*1-2-6-10(7-3-1)11-8-4-5-9-12-11;1-3-7-11-9(5-1)10-6-2-4-8-12-10;1-7(2,3,4,5)6;/h2*1-6,8-9H;1-8H;;/q;;;-1;+1. The number of nitrogens with zero attached hydrogens (tertiary/aromatic N) is 4. The quantitative estimate of drug-likeness (QED) is 0.129. The molecule has 0 saturated heterocycles. The number of hydrogen-bond donors (Lipinski definition) is 0. The minimum atomic E-state index is -10.7. The van der Waals surface area contributed by atoms with Gasteiger partial charge in [0.05, 0.1) is 11.4 Å². The maximum atomic E-state index is 9.87. The fourth-order valence-electron chi connectivity index (χ4n) is 3.63. The van der Waals surface area contributed by atoms with Crippen LogP contribution in [0.25, 0.3) is 33.9 Å². The van der Waals surface area contributed by atoms with Crippen molar-refractivity contribution in [3.8, 4) is 33.9 Å². The zero-order valence-corrected chi connectivity index (χ0v) is 26.0. The Bertz CT molecular complexity index is 1640. The molecular weight excluding hydrogens is 778 g/mol. The van der Waals surface area contributed by atoms with E-state index in [9.17, 15) is 25.2 Å². The Hall–Kier alpha value is -4.30. The molecule has 0 atom stereocenters. The molecule has 12 heteroatoms. The van der Waals surface area contributed by atoms with Crippen LogP contribution in [-0.4, -0.2) is 19.9 Å². The summed E-state index contributed by atoms with van der Waals surface area (Å²) in [5.41, 5.74) is 6.38. The molecule has 0 bridgehead atoms. The van der Waals surface area contributed by atoms with Gasteiger partial charge in [-0.2, -0.15) is 0 Å². The van der Waals surface area contributed by atoms with Crippen LogP contribution in [0.2, 0.25) is 0 Å². The van der Waals surface area contributed by atoms with Crippen molar-refractivity contribution in [3.63, 3.8) is 0 Å². The van der Waals surface area contributed by atoms with Gasteiger partial charge in [0, 0.05) is 12.4 Å². The number of aromatic nitrogens is 4. The molecule has 4 aromatic heterocycles. The van der Waals surface area contributed by atoms with Crippen molar-refractivity contribution in [2.75, 3.05) is 0 Å². The van der Waals surface area contributed by atoms with E-state index >= 15 is 0 Å². The Morgan fingerprint density at radius 1 is 0.364 bits per heavy atom. The molecule has 44 heavy (non-hydrogen) atoms.